The minimum atomic E-state index is -0.718. The number of rotatable bonds is 2. The van der Waals surface area contributed by atoms with Crippen molar-refractivity contribution in [3.05, 3.63) is 65.7 Å². The van der Waals surface area contributed by atoms with Crippen LogP contribution < -0.4 is 4.74 Å². The Morgan fingerprint density at radius 3 is 2.22 bits per heavy atom. The molecule has 0 radical (unpaired) electrons. The Labute approximate surface area is 111 Å². The number of fused-ring (bicyclic) bond motifs is 1. The number of alkyl halides is 1. The van der Waals surface area contributed by atoms with Gasteiger partial charge < -0.3 is 9.84 Å². The molecule has 0 saturated heterocycles. The standard InChI is InChI=1S/C15H13ClO2/c16-13-11-8-4-5-9-12(11)15(14(13)17)18-10-6-2-1-3-7-10/h1-9,13-15,17H. The lowest BCUT2D eigenvalue weighted by Crippen LogP contribution is -2.20. The highest BCUT2D eigenvalue weighted by Gasteiger charge is 2.39. The Bertz CT molecular complexity index is 541. The monoisotopic (exact) mass is 260 g/mol. The topological polar surface area (TPSA) is 29.5 Å². The molecule has 1 aliphatic rings. The van der Waals surface area contributed by atoms with Crippen LogP contribution in [0.2, 0.25) is 0 Å². The van der Waals surface area contributed by atoms with E-state index in [2.05, 4.69) is 0 Å². The molecule has 2 aromatic rings. The van der Waals surface area contributed by atoms with E-state index in [9.17, 15) is 5.11 Å². The van der Waals surface area contributed by atoms with Gasteiger partial charge in [0.25, 0.3) is 0 Å². The normalized spacial score (nSPS) is 25.8. The molecule has 2 nitrogen and oxygen atoms in total. The van der Waals surface area contributed by atoms with Crippen molar-refractivity contribution in [2.75, 3.05) is 0 Å². The largest absolute Gasteiger partial charge is 0.483 e. The van der Waals surface area contributed by atoms with Gasteiger partial charge in [-0.05, 0) is 23.3 Å². The highest BCUT2D eigenvalue weighted by molar-refractivity contribution is 6.21. The molecule has 0 aromatic heterocycles. The lowest BCUT2D eigenvalue weighted by atomic mass is 10.1. The van der Waals surface area contributed by atoms with E-state index in [0.29, 0.717) is 0 Å². The van der Waals surface area contributed by atoms with E-state index in [4.69, 9.17) is 16.3 Å². The Balaban J connectivity index is 1.93. The van der Waals surface area contributed by atoms with Crippen LogP contribution in [0, 0.1) is 0 Å². The van der Waals surface area contributed by atoms with Crippen molar-refractivity contribution in [2.45, 2.75) is 17.6 Å². The Kier molecular flexibility index (Phi) is 2.98. The fourth-order valence-electron chi connectivity index (χ4n) is 2.32. The summed E-state index contributed by atoms with van der Waals surface area (Å²) < 4.78 is 5.85. The minimum Gasteiger partial charge on any atom is -0.483 e. The fraction of sp³-hybridized carbons (Fsp3) is 0.200. The maximum atomic E-state index is 10.2. The van der Waals surface area contributed by atoms with Crippen molar-refractivity contribution in [2.24, 2.45) is 0 Å². The molecular formula is C15H13ClO2. The molecule has 0 amide bonds. The molecule has 3 unspecified atom stereocenters. The SMILES string of the molecule is OC1C(Cl)c2ccccc2C1Oc1ccccc1. The summed E-state index contributed by atoms with van der Waals surface area (Å²) in [5.74, 6) is 0.738. The van der Waals surface area contributed by atoms with Gasteiger partial charge in [0.15, 0.2) is 6.10 Å². The first-order chi connectivity index (χ1) is 8.77. The number of benzene rings is 2. The van der Waals surface area contributed by atoms with Crippen LogP contribution in [0.3, 0.4) is 0 Å². The van der Waals surface area contributed by atoms with E-state index >= 15 is 0 Å². The Hall–Kier alpha value is -1.51. The zero-order valence-corrected chi connectivity index (χ0v) is 10.4. The van der Waals surface area contributed by atoms with E-state index in [-0.39, 0.29) is 0 Å². The van der Waals surface area contributed by atoms with Crippen molar-refractivity contribution in [1.82, 2.24) is 0 Å². The summed E-state index contributed by atoms with van der Waals surface area (Å²) in [6, 6.07) is 17.2. The Morgan fingerprint density at radius 2 is 1.50 bits per heavy atom. The summed E-state index contributed by atoms with van der Waals surface area (Å²) in [6.45, 7) is 0. The van der Waals surface area contributed by atoms with Crippen molar-refractivity contribution in [1.29, 1.82) is 0 Å². The number of aliphatic hydroxyl groups excluding tert-OH is 1. The number of hydrogen-bond donors (Lipinski definition) is 1. The highest BCUT2D eigenvalue weighted by atomic mass is 35.5. The van der Waals surface area contributed by atoms with E-state index in [1.807, 2.05) is 54.6 Å². The van der Waals surface area contributed by atoms with Crippen molar-refractivity contribution >= 4 is 11.6 Å². The first-order valence-electron chi connectivity index (χ1n) is 5.90. The van der Waals surface area contributed by atoms with Crippen molar-refractivity contribution in [3.8, 4) is 5.75 Å². The van der Waals surface area contributed by atoms with Crippen LogP contribution in [-0.4, -0.2) is 11.2 Å². The van der Waals surface area contributed by atoms with Gasteiger partial charge in [-0.15, -0.1) is 11.6 Å². The highest BCUT2D eigenvalue weighted by Crippen LogP contribution is 2.44. The molecule has 0 fully saturated rings. The molecule has 3 atom stereocenters. The molecule has 1 aliphatic carbocycles. The van der Waals surface area contributed by atoms with E-state index in [1.54, 1.807) is 0 Å². The summed E-state index contributed by atoms with van der Waals surface area (Å²) in [5, 5.41) is 9.78. The third-order valence-corrected chi connectivity index (χ3v) is 3.71. The summed E-state index contributed by atoms with van der Waals surface area (Å²) >= 11 is 6.22. The van der Waals surface area contributed by atoms with Gasteiger partial charge in [0.2, 0.25) is 0 Å². The first kappa shape index (κ1) is 11.6. The van der Waals surface area contributed by atoms with Gasteiger partial charge in [0.1, 0.15) is 11.9 Å². The van der Waals surface area contributed by atoms with E-state index in [1.165, 1.54) is 0 Å². The molecule has 1 N–H and O–H groups in total. The minimum absolute atomic E-state index is 0.397. The van der Waals surface area contributed by atoms with Crippen molar-refractivity contribution < 1.29 is 9.84 Å². The van der Waals surface area contributed by atoms with Gasteiger partial charge in [-0.25, -0.2) is 0 Å². The number of hydrogen-bond acceptors (Lipinski definition) is 2. The first-order valence-corrected chi connectivity index (χ1v) is 6.33. The van der Waals surface area contributed by atoms with E-state index < -0.39 is 17.6 Å². The predicted molar refractivity (Wildman–Crippen MR) is 70.9 cm³/mol. The van der Waals surface area contributed by atoms with Gasteiger partial charge >= 0.3 is 0 Å². The maximum Gasteiger partial charge on any atom is 0.152 e. The summed E-state index contributed by atoms with van der Waals surface area (Å²) in [4.78, 5) is 0. The second kappa shape index (κ2) is 4.63. The summed E-state index contributed by atoms with van der Waals surface area (Å²) in [6.07, 6.45) is -1.12. The third-order valence-electron chi connectivity index (χ3n) is 3.22. The lowest BCUT2D eigenvalue weighted by Gasteiger charge is -2.19. The second-order valence-corrected chi connectivity index (χ2v) is 4.84. The number of halogens is 1. The number of aliphatic hydroxyl groups is 1. The molecule has 2 aromatic carbocycles. The van der Waals surface area contributed by atoms with Crippen LogP contribution in [-0.2, 0) is 0 Å². The maximum absolute atomic E-state index is 10.2. The van der Waals surface area contributed by atoms with Crippen molar-refractivity contribution in [3.63, 3.8) is 0 Å². The zero-order chi connectivity index (χ0) is 12.5. The van der Waals surface area contributed by atoms with Crippen LogP contribution in [0.1, 0.15) is 22.6 Å². The average Bonchev–Trinajstić information content (AvgIpc) is 2.66. The molecule has 0 spiro atoms. The molecule has 18 heavy (non-hydrogen) atoms. The van der Waals surface area contributed by atoms with Gasteiger partial charge in [-0.3, -0.25) is 0 Å². The number of para-hydroxylation sites is 1. The van der Waals surface area contributed by atoms with Crippen LogP contribution >= 0.6 is 11.6 Å². The molecule has 3 heteroatoms. The quantitative estimate of drug-likeness (QED) is 0.838. The van der Waals surface area contributed by atoms with Crippen LogP contribution in [0.25, 0.3) is 0 Å². The van der Waals surface area contributed by atoms with Crippen LogP contribution in [0.5, 0.6) is 5.75 Å². The van der Waals surface area contributed by atoms with Gasteiger partial charge in [-0.2, -0.15) is 0 Å². The fourth-order valence-corrected chi connectivity index (χ4v) is 2.65. The molecule has 0 aliphatic heterocycles. The molecule has 0 heterocycles. The van der Waals surface area contributed by atoms with Gasteiger partial charge in [-0.1, -0.05) is 42.5 Å². The Morgan fingerprint density at radius 1 is 0.889 bits per heavy atom. The van der Waals surface area contributed by atoms with Crippen LogP contribution in [0.4, 0.5) is 0 Å². The van der Waals surface area contributed by atoms with E-state index in [0.717, 1.165) is 16.9 Å². The molecular weight excluding hydrogens is 248 g/mol. The average molecular weight is 261 g/mol. The van der Waals surface area contributed by atoms with Gasteiger partial charge in [0.05, 0.1) is 5.38 Å². The lowest BCUT2D eigenvalue weighted by molar-refractivity contribution is 0.0466. The molecule has 0 bridgehead atoms. The third kappa shape index (κ3) is 1.88. The molecule has 3 rings (SSSR count). The molecule has 92 valence electrons. The summed E-state index contributed by atoms with van der Waals surface area (Å²) in [5.41, 5.74) is 1.92. The number of ether oxygens (including phenoxy) is 1. The van der Waals surface area contributed by atoms with Crippen LogP contribution in [0.15, 0.2) is 54.6 Å². The second-order valence-electron chi connectivity index (χ2n) is 4.37. The smallest absolute Gasteiger partial charge is 0.152 e. The predicted octanol–water partition coefficient (Wildman–Crippen LogP) is 3.46. The summed E-state index contributed by atoms with van der Waals surface area (Å²) in [7, 11) is 0. The molecule has 0 saturated carbocycles. The van der Waals surface area contributed by atoms with Gasteiger partial charge in [0, 0.05) is 0 Å². The zero-order valence-electron chi connectivity index (χ0n) is 9.66.